The van der Waals surface area contributed by atoms with Gasteiger partial charge in [-0.05, 0) is 25.8 Å². The van der Waals surface area contributed by atoms with Gasteiger partial charge in [-0.1, -0.05) is 19.8 Å². The molecule has 0 saturated carbocycles. The Labute approximate surface area is 98.8 Å². The molecule has 0 aliphatic carbocycles. The number of aliphatic hydroxyl groups is 1. The van der Waals surface area contributed by atoms with Crippen molar-refractivity contribution in [3.05, 3.63) is 0 Å². The molecule has 0 atom stereocenters. The number of hydrogen-bond acceptors (Lipinski definition) is 3. The third-order valence-corrected chi connectivity index (χ3v) is 2.36. The standard InChI is InChI=1S/C12H26N2O2/c1-2-8-14-12(16)7-10-13-9-5-3-4-6-11-15/h13,15H,2-11H2,1H3,(H,14,16). The van der Waals surface area contributed by atoms with Crippen LogP contribution in [-0.4, -0.2) is 37.3 Å². The molecule has 0 aliphatic heterocycles. The second-order valence-electron chi connectivity index (χ2n) is 3.99. The molecule has 96 valence electrons. The molecule has 0 saturated heterocycles. The molecule has 0 heterocycles. The van der Waals surface area contributed by atoms with Crippen LogP contribution in [0.2, 0.25) is 0 Å². The number of nitrogens with one attached hydrogen (secondary N) is 2. The van der Waals surface area contributed by atoms with Crippen molar-refractivity contribution in [2.45, 2.75) is 45.4 Å². The van der Waals surface area contributed by atoms with E-state index in [0.29, 0.717) is 13.0 Å². The first-order valence-electron chi connectivity index (χ1n) is 6.39. The average molecular weight is 230 g/mol. The minimum Gasteiger partial charge on any atom is -0.396 e. The van der Waals surface area contributed by atoms with Gasteiger partial charge in [0.05, 0.1) is 0 Å². The van der Waals surface area contributed by atoms with Crippen LogP contribution in [0, 0.1) is 0 Å². The molecule has 0 radical (unpaired) electrons. The Hall–Kier alpha value is -0.610. The molecule has 4 heteroatoms. The summed E-state index contributed by atoms with van der Waals surface area (Å²) in [6.07, 6.45) is 5.82. The van der Waals surface area contributed by atoms with Crippen LogP contribution in [0.4, 0.5) is 0 Å². The van der Waals surface area contributed by atoms with Crippen LogP contribution in [0.5, 0.6) is 0 Å². The lowest BCUT2D eigenvalue weighted by molar-refractivity contribution is -0.120. The second-order valence-corrected chi connectivity index (χ2v) is 3.99. The van der Waals surface area contributed by atoms with E-state index in [0.717, 1.165) is 51.7 Å². The fourth-order valence-electron chi connectivity index (χ4n) is 1.40. The summed E-state index contributed by atoms with van der Waals surface area (Å²) in [6.45, 7) is 4.85. The molecule has 0 unspecified atom stereocenters. The smallest absolute Gasteiger partial charge is 0.221 e. The van der Waals surface area contributed by atoms with E-state index < -0.39 is 0 Å². The van der Waals surface area contributed by atoms with Crippen LogP contribution in [-0.2, 0) is 4.79 Å². The zero-order valence-corrected chi connectivity index (χ0v) is 10.4. The number of hydrogen-bond donors (Lipinski definition) is 3. The largest absolute Gasteiger partial charge is 0.396 e. The Morgan fingerprint density at radius 2 is 1.81 bits per heavy atom. The maximum absolute atomic E-state index is 11.2. The molecule has 0 aromatic rings. The van der Waals surface area contributed by atoms with Crippen molar-refractivity contribution in [1.29, 1.82) is 0 Å². The van der Waals surface area contributed by atoms with Gasteiger partial charge in [0.15, 0.2) is 0 Å². The van der Waals surface area contributed by atoms with Crippen molar-refractivity contribution < 1.29 is 9.90 Å². The molecule has 0 spiro atoms. The first-order chi connectivity index (χ1) is 7.81. The van der Waals surface area contributed by atoms with E-state index in [1.54, 1.807) is 0 Å². The van der Waals surface area contributed by atoms with Crippen LogP contribution in [0.1, 0.15) is 45.4 Å². The highest BCUT2D eigenvalue weighted by Gasteiger charge is 1.98. The van der Waals surface area contributed by atoms with E-state index in [1.165, 1.54) is 0 Å². The molecule has 0 bridgehead atoms. The minimum atomic E-state index is 0.134. The fourth-order valence-corrected chi connectivity index (χ4v) is 1.40. The summed E-state index contributed by atoms with van der Waals surface area (Å²) >= 11 is 0. The van der Waals surface area contributed by atoms with Gasteiger partial charge in [-0.25, -0.2) is 0 Å². The summed E-state index contributed by atoms with van der Waals surface area (Å²) in [4.78, 5) is 11.2. The summed E-state index contributed by atoms with van der Waals surface area (Å²) in [6, 6.07) is 0. The van der Waals surface area contributed by atoms with E-state index in [4.69, 9.17) is 5.11 Å². The minimum absolute atomic E-state index is 0.134. The lowest BCUT2D eigenvalue weighted by atomic mass is 10.2. The van der Waals surface area contributed by atoms with Gasteiger partial charge >= 0.3 is 0 Å². The Balaban J connectivity index is 3.05. The van der Waals surface area contributed by atoms with Crippen LogP contribution in [0.3, 0.4) is 0 Å². The summed E-state index contributed by atoms with van der Waals surface area (Å²) in [5.74, 6) is 0.134. The van der Waals surface area contributed by atoms with Gasteiger partial charge in [0, 0.05) is 26.1 Å². The van der Waals surface area contributed by atoms with Crippen LogP contribution >= 0.6 is 0 Å². The maximum Gasteiger partial charge on any atom is 0.221 e. The van der Waals surface area contributed by atoms with E-state index in [-0.39, 0.29) is 5.91 Å². The Kier molecular flexibility index (Phi) is 12.0. The molecule has 0 fully saturated rings. The van der Waals surface area contributed by atoms with Gasteiger partial charge in [-0.3, -0.25) is 4.79 Å². The van der Waals surface area contributed by atoms with Crippen molar-refractivity contribution >= 4 is 5.91 Å². The molecule has 0 aromatic heterocycles. The third-order valence-electron chi connectivity index (χ3n) is 2.36. The molecular formula is C12H26N2O2. The number of amides is 1. The molecule has 0 aromatic carbocycles. The number of carbonyl (C=O) groups excluding carboxylic acids is 1. The first-order valence-corrected chi connectivity index (χ1v) is 6.39. The highest BCUT2D eigenvalue weighted by Crippen LogP contribution is 1.97. The number of unbranched alkanes of at least 4 members (excludes halogenated alkanes) is 3. The highest BCUT2D eigenvalue weighted by atomic mass is 16.2. The zero-order chi connectivity index (χ0) is 12.1. The highest BCUT2D eigenvalue weighted by molar-refractivity contribution is 5.75. The van der Waals surface area contributed by atoms with Gasteiger partial charge in [0.1, 0.15) is 0 Å². The van der Waals surface area contributed by atoms with E-state index in [9.17, 15) is 4.79 Å². The molecule has 1 amide bonds. The van der Waals surface area contributed by atoms with Crippen molar-refractivity contribution in [3.8, 4) is 0 Å². The van der Waals surface area contributed by atoms with E-state index in [1.807, 2.05) is 6.92 Å². The number of carbonyl (C=O) groups is 1. The van der Waals surface area contributed by atoms with Crippen LogP contribution < -0.4 is 10.6 Å². The lowest BCUT2D eigenvalue weighted by Gasteiger charge is -2.05. The molecule has 4 nitrogen and oxygen atoms in total. The fraction of sp³-hybridized carbons (Fsp3) is 0.917. The summed E-state index contributed by atoms with van der Waals surface area (Å²) < 4.78 is 0. The van der Waals surface area contributed by atoms with Crippen molar-refractivity contribution in [2.24, 2.45) is 0 Å². The zero-order valence-electron chi connectivity index (χ0n) is 10.4. The Bertz CT molecular complexity index is 163. The molecule has 0 aliphatic rings. The predicted octanol–water partition coefficient (Wildman–Crippen LogP) is 1.04. The van der Waals surface area contributed by atoms with Gasteiger partial charge in [-0.15, -0.1) is 0 Å². The van der Waals surface area contributed by atoms with Crippen LogP contribution in [0.25, 0.3) is 0 Å². The third kappa shape index (κ3) is 11.5. The van der Waals surface area contributed by atoms with Gasteiger partial charge in [0.25, 0.3) is 0 Å². The summed E-state index contributed by atoms with van der Waals surface area (Å²) in [5.41, 5.74) is 0. The van der Waals surface area contributed by atoms with E-state index >= 15 is 0 Å². The topological polar surface area (TPSA) is 61.4 Å². The molecule has 0 rings (SSSR count). The van der Waals surface area contributed by atoms with Crippen LogP contribution in [0.15, 0.2) is 0 Å². The number of aliphatic hydroxyl groups excluding tert-OH is 1. The van der Waals surface area contributed by atoms with E-state index in [2.05, 4.69) is 10.6 Å². The van der Waals surface area contributed by atoms with Gasteiger partial charge in [0.2, 0.25) is 5.91 Å². The quantitative estimate of drug-likeness (QED) is 0.465. The van der Waals surface area contributed by atoms with Crippen molar-refractivity contribution in [3.63, 3.8) is 0 Å². The van der Waals surface area contributed by atoms with Gasteiger partial charge in [-0.2, -0.15) is 0 Å². The van der Waals surface area contributed by atoms with Crippen molar-refractivity contribution in [2.75, 3.05) is 26.2 Å². The predicted molar refractivity (Wildman–Crippen MR) is 66.3 cm³/mol. The SMILES string of the molecule is CCCNC(=O)CCNCCCCCCO. The maximum atomic E-state index is 11.2. The Morgan fingerprint density at radius 1 is 1.06 bits per heavy atom. The monoisotopic (exact) mass is 230 g/mol. The molecule has 3 N–H and O–H groups in total. The van der Waals surface area contributed by atoms with Gasteiger partial charge < -0.3 is 15.7 Å². The normalized spacial score (nSPS) is 10.4. The molecule has 16 heavy (non-hydrogen) atoms. The molecular weight excluding hydrogens is 204 g/mol. The first kappa shape index (κ1) is 15.4. The summed E-state index contributed by atoms with van der Waals surface area (Å²) in [5, 5.41) is 14.7. The lowest BCUT2D eigenvalue weighted by Crippen LogP contribution is -2.28. The number of rotatable bonds is 11. The summed E-state index contributed by atoms with van der Waals surface area (Å²) in [7, 11) is 0. The van der Waals surface area contributed by atoms with Crippen molar-refractivity contribution in [1.82, 2.24) is 10.6 Å². The second kappa shape index (κ2) is 12.5. The Morgan fingerprint density at radius 3 is 2.50 bits per heavy atom. The average Bonchev–Trinajstić information content (AvgIpc) is 2.30.